The smallest absolute Gasteiger partial charge is 0.317 e. The van der Waals surface area contributed by atoms with Gasteiger partial charge in [0.25, 0.3) is 0 Å². The van der Waals surface area contributed by atoms with Crippen LogP contribution in [0.1, 0.15) is 45.4 Å². The van der Waals surface area contributed by atoms with Crippen molar-refractivity contribution in [3.63, 3.8) is 0 Å². The normalized spacial score (nSPS) is 28.4. The number of nitrogens with one attached hydrogen (secondary N) is 1. The second-order valence-electron chi connectivity index (χ2n) is 4.62. The average molecular weight is 196 g/mol. The highest BCUT2D eigenvalue weighted by molar-refractivity contribution is 5.75. The molecule has 1 atom stereocenters. The fourth-order valence-electron chi connectivity index (χ4n) is 2.56. The summed E-state index contributed by atoms with van der Waals surface area (Å²) >= 11 is 0. The molecule has 3 heteroatoms. The molecule has 3 nitrogen and oxygen atoms in total. The van der Waals surface area contributed by atoms with Gasteiger partial charge in [0.15, 0.2) is 0 Å². The predicted octanol–water partition coefficient (Wildman–Crippen LogP) is 2.12. The van der Waals surface area contributed by atoms with Crippen molar-refractivity contribution in [3.8, 4) is 0 Å². The van der Waals surface area contributed by atoms with Crippen molar-refractivity contribution in [2.45, 2.75) is 57.5 Å². The number of amides is 2. The second-order valence-corrected chi connectivity index (χ2v) is 4.62. The number of urea groups is 1. The molecule has 2 rings (SSSR count). The van der Waals surface area contributed by atoms with Gasteiger partial charge in [-0.15, -0.1) is 0 Å². The number of carbonyl (C=O) groups excluding carboxylic acids is 1. The van der Waals surface area contributed by atoms with Crippen LogP contribution in [0.5, 0.6) is 0 Å². The molecule has 14 heavy (non-hydrogen) atoms. The van der Waals surface area contributed by atoms with Gasteiger partial charge < -0.3 is 10.2 Å². The standard InChI is InChI=1S/C11H20N2O/c1-9-5-4-8-13(9)11(14)12-10-6-2-3-7-10/h9-10H,2-8H2,1H3,(H,12,14). The molecule has 0 aromatic rings. The van der Waals surface area contributed by atoms with Crippen LogP contribution in [-0.4, -0.2) is 29.6 Å². The summed E-state index contributed by atoms with van der Waals surface area (Å²) in [4.78, 5) is 13.8. The van der Waals surface area contributed by atoms with Gasteiger partial charge in [0, 0.05) is 18.6 Å². The van der Waals surface area contributed by atoms with E-state index in [1.54, 1.807) is 0 Å². The lowest BCUT2D eigenvalue weighted by Crippen LogP contribution is -2.45. The topological polar surface area (TPSA) is 32.3 Å². The van der Waals surface area contributed by atoms with Crippen LogP contribution in [-0.2, 0) is 0 Å². The molecule has 1 aliphatic carbocycles. The Bertz CT molecular complexity index is 211. The minimum atomic E-state index is 0.168. The van der Waals surface area contributed by atoms with Gasteiger partial charge in [0.2, 0.25) is 0 Å². The highest BCUT2D eigenvalue weighted by Gasteiger charge is 2.27. The Morgan fingerprint density at radius 3 is 2.50 bits per heavy atom. The lowest BCUT2D eigenvalue weighted by Gasteiger charge is -2.24. The fourth-order valence-corrected chi connectivity index (χ4v) is 2.56. The zero-order chi connectivity index (χ0) is 9.97. The number of hydrogen-bond acceptors (Lipinski definition) is 1. The Hall–Kier alpha value is -0.730. The number of hydrogen-bond donors (Lipinski definition) is 1. The Balaban J connectivity index is 1.82. The lowest BCUT2D eigenvalue weighted by molar-refractivity contribution is 0.192. The summed E-state index contributed by atoms with van der Waals surface area (Å²) in [5.41, 5.74) is 0. The number of likely N-dealkylation sites (tertiary alicyclic amines) is 1. The zero-order valence-electron chi connectivity index (χ0n) is 8.96. The molecule has 1 heterocycles. The molecule has 1 saturated carbocycles. The van der Waals surface area contributed by atoms with Crippen LogP contribution >= 0.6 is 0 Å². The lowest BCUT2D eigenvalue weighted by atomic mass is 10.2. The van der Waals surface area contributed by atoms with Crippen LogP contribution in [0.25, 0.3) is 0 Å². The number of carbonyl (C=O) groups is 1. The van der Waals surface area contributed by atoms with Gasteiger partial charge in [-0.3, -0.25) is 0 Å². The van der Waals surface area contributed by atoms with Crippen molar-refractivity contribution in [1.29, 1.82) is 0 Å². The first-order chi connectivity index (χ1) is 6.77. The van der Waals surface area contributed by atoms with Gasteiger partial charge in [-0.1, -0.05) is 12.8 Å². The van der Waals surface area contributed by atoms with E-state index in [2.05, 4.69) is 12.2 Å². The van der Waals surface area contributed by atoms with Gasteiger partial charge in [-0.05, 0) is 32.6 Å². The molecule has 1 N–H and O–H groups in total. The van der Waals surface area contributed by atoms with Crippen LogP contribution in [0.2, 0.25) is 0 Å². The molecule has 2 aliphatic rings. The van der Waals surface area contributed by atoms with E-state index in [4.69, 9.17) is 0 Å². The minimum absolute atomic E-state index is 0.168. The summed E-state index contributed by atoms with van der Waals surface area (Å²) in [6, 6.07) is 1.06. The fraction of sp³-hybridized carbons (Fsp3) is 0.909. The molecule has 2 fully saturated rings. The summed E-state index contributed by atoms with van der Waals surface area (Å²) in [6.07, 6.45) is 7.24. The Morgan fingerprint density at radius 1 is 1.21 bits per heavy atom. The van der Waals surface area contributed by atoms with Gasteiger partial charge in [-0.25, -0.2) is 4.79 Å². The van der Waals surface area contributed by atoms with Crippen molar-refractivity contribution in [1.82, 2.24) is 10.2 Å². The summed E-state index contributed by atoms with van der Waals surface area (Å²) in [6.45, 7) is 3.08. The molecule has 0 aromatic carbocycles. The van der Waals surface area contributed by atoms with E-state index in [0.29, 0.717) is 12.1 Å². The van der Waals surface area contributed by atoms with Crippen molar-refractivity contribution < 1.29 is 4.79 Å². The molecule has 2 amide bonds. The maximum Gasteiger partial charge on any atom is 0.317 e. The van der Waals surface area contributed by atoms with Crippen LogP contribution in [0, 0.1) is 0 Å². The van der Waals surface area contributed by atoms with Gasteiger partial charge >= 0.3 is 6.03 Å². The van der Waals surface area contributed by atoms with Crippen LogP contribution in [0.3, 0.4) is 0 Å². The number of rotatable bonds is 1. The molecular formula is C11H20N2O. The predicted molar refractivity (Wildman–Crippen MR) is 56.2 cm³/mol. The van der Waals surface area contributed by atoms with Crippen molar-refractivity contribution >= 4 is 6.03 Å². The van der Waals surface area contributed by atoms with E-state index in [-0.39, 0.29) is 6.03 Å². The van der Waals surface area contributed by atoms with Gasteiger partial charge in [-0.2, -0.15) is 0 Å². The third-order valence-corrected chi connectivity index (χ3v) is 3.50. The summed E-state index contributed by atoms with van der Waals surface area (Å²) < 4.78 is 0. The first-order valence-corrected chi connectivity index (χ1v) is 5.84. The van der Waals surface area contributed by atoms with E-state index in [9.17, 15) is 4.79 Å². The highest BCUT2D eigenvalue weighted by atomic mass is 16.2. The molecule has 1 saturated heterocycles. The Labute approximate surface area is 85.8 Å². The van der Waals surface area contributed by atoms with Gasteiger partial charge in [0.05, 0.1) is 0 Å². The molecule has 1 unspecified atom stereocenters. The summed E-state index contributed by atoms with van der Waals surface area (Å²) in [5, 5.41) is 3.14. The maximum absolute atomic E-state index is 11.8. The molecule has 0 radical (unpaired) electrons. The van der Waals surface area contributed by atoms with Crippen LogP contribution in [0.15, 0.2) is 0 Å². The third-order valence-electron chi connectivity index (χ3n) is 3.50. The SMILES string of the molecule is CC1CCCN1C(=O)NC1CCCC1. The molecule has 80 valence electrons. The first kappa shape index (κ1) is 9.81. The second kappa shape index (κ2) is 4.20. The van der Waals surface area contributed by atoms with E-state index >= 15 is 0 Å². The molecule has 0 bridgehead atoms. The van der Waals surface area contributed by atoms with Crippen LogP contribution in [0.4, 0.5) is 4.79 Å². The highest BCUT2D eigenvalue weighted by Crippen LogP contribution is 2.20. The summed E-state index contributed by atoms with van der Waals surface area (Å²) in [7, 11) is 0. The molecule has 0 aromatic heterocycles. The van der Waals surface area contributed by atoms with E-state index in [0.717, 1.165) is 13.0 Å². The Morgan fingerprint density at radius 2 is 1.93 bits per heavy atom. The molecule has 0 spiro atoms. The van der Waals surface area contributed by atoms with Crippen molar-refractivity contribution in [2.75, 3.05) is 6.54 Å². The maximum atomic E-state index is 11.8. The zero-order valence-corrected chi connectivity index (χ0v) is 8.96. The molecular weight excluding hydrogens is 176 g/mol. The van der Waals surface area contributed by atoms with E-state index in [1.807, 2.05) is 4.90 Å². The third kappa shape index (κ3) is 2.02. The van der Waals surface area contributed by atoms with E-state index in [1.165, 1.54) is 32.1 Å². The van der Waals surface area contributed by atoms with Crippen molar-refractivity contribution in [3.05, 3.63) is 0 Å². The quantitative estimate of drug-likeness (QED) is 0.684. The minimum Gasteiger partial charge on any atom is -0.335 e. The monoisotopic (exact) mass is 196 g/mol. The Kier molecular flexibility index (Phi) is 2.94. The molecule has 1 aliphatic heterocycles. The average Bonchev–Trinajstić information content (AvgIpc) is 2.75. The van der Waals surface area contributed by atoms with Crippen LogP contribution < -0.4 is 5.32 Å². The number of nitrogens with zero attached hydrogens (tertiary/aromatic N) is 1. The van der Waals surface area contributed by atoms with Gasteiger partial charge in [0.1, 0.15) is 0 Å². The summed E-state index contributed by atoms with van der Waals surface area (Å²) in [5.74, 6) is 0. The van der Waals surface area contributed by atoms with E-state index < -0.39 is 0 Å². The largest absolute Gasteiger partial charge is 0.335 e. The first-order valence-electron chi connectivity index (χ1n) is 5.84. The van der Waals surface area contributed by atoms with Crippen molar-refractivity contribution in [2.24, 2.45) is 0 Å².